The molecule has 2 rings (SSSR count). The summed E-state index contributed by atoms with van der Waals surface area (Å²) >= 11 is 0. The van der Waals surface area contributed by atoms with Gasteiger partial charge in [-0.05, 0) is 57.8 Å². The summed E-state index contributed by atoms with van der Waals surface area (Å²) in [6.07, 6.45) is 35.8. The van der Waals surface area contributed by atoms with Gasteiger partial charge >= 0.3 is 21.6 Å². The number of nitrogens with one attached hydrogen (secondary N) is 1. The molecule has 0 aromatic rings. The molecule has 2 aliphatic heterocycles. The number of carbonyl (C=O) groups excluding carboxylic acids is 3. The van der Waals surface area contributed by atoms with Gasteiger partial charge in [-0.15, -0.1) is 26.3 Å². The Labute approximate surface area is 629 Å². The van der Waals surface area contributed by atoms with Crippen LogP contribution in [-0.2, 0) is 93.3 Å². The fraction of sp³-hybridized carbons (Fsp3) is 0.838. The van der Waals surface area contributed by atoms with Gasteiger partial charge in [-0.25, -0.2) is 9.13 Å². The van der Waals surface area contributed by atoms with Gasteiger partial charge in [-0.2, -0.15) is 0 Å². The Morgan fingerprint density at radius 3 is 1.46 bits per heavy atom. The summed E-state index contributed by atoms with van der Waals surface area (Å²) in [6.45, 7) is 21.7. The third-order valence-electron chi connectivity index (χ3n) is 18.5. The van der Waals surface area contributed by atoms with Crippen LogP contribution in [0.15, 0.2) is 62.8 Å². The first-order valence-electron chi connectivity index (χ1n) is 40.3. The van der Waals surface area contributed by atoms with Gasteiger partial charge in [0.2, 0.25) is 5.91 Å². The number of carbonyl (C=O) groups is 3. The van der Waals surface area contributed by atoms with Crippen LogP contribution < -0.4 is 5.32 Å². The highest BCUT2D eigenvalue weighted by Gasteiger charge is 2.54. The number of hydrogen-bond donors (Lipinski definition) is 2. The second-order valence-electron chi connectivity index (χ2n) is 27.5. The molecule has 0 spiro atoms. The molecule has 24 heteroatoms. The van der Waals surface area contributed by atoms with E-state index in [1.807, 2.05) is 0 Å². The summed E-state index contributed by atoms with van der Waals surface area (Å²) in [5.74, 6) is -1.45. The van der Waals surface area contributed by atoms with Gasteiger partial charge in [0, 0.05) is 40.3 Å². The van der Waals surface area contributed by atoms with E-state index in [4.69, 9.17) is 69.8 Å². The van der Waals surface area contributed by atoms with Gasteiger partial charge in [0.1, 0.15) is 48.4 Å². The molecule has 11 atom stereocenters. The van der Waals surface area contributed by atoms with Crippen molar-refractivity contribution in [3.05, 3.63) is 62.8 Å². The fourth-order valence-corrected chi connectivity index (χ4v) is 15.0. The molecule has 0 aromatic heterocycles. The molecule has 2 fully saturated rings. The molecule has 0 aromatic carbocycles. The number of rotatable bonds is 74. The Morgan fingerprint density at radius 2 is 0.933 bits per heavy atom. The third kappa shape index (κ3) is 46.0. The fourth-order valence-electron chi connectivity index (χ4n) is 12.6. The summed E-state index contributed by atoms with van der Waals surface area (Å²) in [6, 6.07) is -1.22. The first-order valence-corrected chi connectivity index (χ1v) is 43.2. The lowest BCUT2D eigenvalue weighted by molar-refractivity contribution is -0.327. The first-order chi connectivity index (χ1) is 50.6. The predicted octanol–water partition coefficient (Wildman–Crippen LogP) is 18.9. The molecule has 2 heterocycles. The summed E-state index contributed by atoms with van der Waals surface area (Å²) in [5, 5.41) is 15.7. The van der Waals surface area contributed by atoms with Crippen molar-refractivity contribution < 1.29 is 98.4 Å². The van der Waals surface area contributed by atoms with Crippen LogP contribution in [0.4, 0.5) is 0 Å². The molecule has 0 bridgehead atoms. The highest BCUT2D eigenvalue weighted by atomic mass is 31.2. The summed E-state index contributed by atoms with van der Waals surface area (Å²) in [5.41, 5.74) is 0. The second kappa shape index (κ2) is 64.9. The maximum atomic E-state index is 14.7. The number of aliphatic hydroxyl groups is 1. The molecule has 22 nitrogen and oxygen atoms in total. The van der Waals surface area contributed by atoms with Gasteiger partial charge in [-0.1, -0.05) is 244 Å². The van der Waals surface area contributed by atoms with Crippen molar-refractivity contribution in [2.75, 3.05) is 80.3 Å². The van der Waals surface area contributed by atoms with Crippen molar-refractivity contribution in [2.45, 2.75) is 352 Å². The maximum Gasteiger partial charge on any atom is 0.475 e. The molecule has 606 valence electrons. The minimum atomic E-state index is -4.52. The highest BCUT2D eigenvalue weighted by molar-refractivity contribution is 7.48. The number of phosphoric ester groups is 2. The largest absolute Gasteiger partial charge is 0.475 e. The van der Waals surface area contributed by atoms with Gasteiger partial charge < -0.3 is 53.1 Å². The maximum absolute atomic E-state index is 14.7. The number of hydrogen-bond acceptors (Lipinski definition) is 21. The number of allylic oxidation sites excluding steroid dienone is 2. The van der Waals surface area contributed by atoms with Crippen LogP contribution in [0.25, 0.3) is 0 Å². The number of Topliss-reactive ketones (excluding diaryl/α,β-unsaturated/α-hetero) is 1. The monoisotopic (exact) mass is 1520 g/mol. The van der Waals surface area contributed by atoms with Crippen LogP contribution in [0.3, 0.4) is 0 Å². The Balaban J connectivity index is 2.73. The predicted molar refractivity (Wildman–Crippen MR) is 411 cm³/mol. The molecular formula is C80H145NO21P2. The molecular weight excluding hydrogens is 1370 g/mol. The zero-order valence-electron chi connectivity index (χ0n) is 65.5. The van der Waals surface area contributed by atoms with E-state index in [2.05, 4.69) is 71.5 Å². The molecule has 1 amide bonds. The smallest absolute Gasteiger partial charge is 0.454 e. The molecule has 2 N–H and O–H groups in total. The van der Waals surface area contributed by atoms with Gasteiger partial charge in [0.25, 0.3) is 0 Å². The van der Waals surface area contributed by atoms with Crippen LogP contribution in [-0.4, -0.2) is 171 Å². The lowest BCUT2D eigenvalue weighted by Crippen LogP contribution is -2.66. The zero-order valence-corrected chi connectivity index (χ0v) is 67.3. The van der Waals surface area contributed by atoms with Crippen LogP contribution in [0.1, 0.15) is 285 Å². The van der Waals surface area contributed by atoms with Crippen LogP contribution >= 0.6 is 15.6 Å². The Bertz CT molecular complexity index is 2270. The first kappa shape index (κ1) is 97.2. The Morgan fingerprint density at radius 1 is 0.462 bits per heavy atom. The minimum Gasteiger partial charge on any atom is -0.454 e. The molecule has 0 saturated carbocycles. The van der Waals surface area contributed by atoms with E-state index in [1.54, 1.807) is 7.11 Å². The van der Waals surface area contributed by atoms with E-state index in [0.717, 1.165) is 154 Å². The molecule has 2 aliphatic rings. The molecule has 0 unspecified atom stereocenters. The van der Waals surface area contributed by atoms with Gasteiger partial charge in [0.15, 0.2) is 18.7 Å². The number of ketones is 1. The lowest BCUT2D eigenvalue weighted by atomic mass is 9.95. The topological polar surface area (TPSA) is 256 Å². The molecule has 0 aliphatic carbocycles. The number of aliphatic hydroxyl groups excluding tert-OH is 1. The normalized spacial score (nSPS) is 21.1. The number of amides is 1. The average Bonchev–Trinajstić information content (AvgIpc) is 0.786. The van der Waals surface area contributed by atoms with E-state index in [-0.39, 0.29) is 84.2 Å². The summed E-state index contributed by atoms with van der Waals surface area (Å²) in [7, 11) is -5.58. The molecule has 104 heavy (non-hydrogen) atoms. The minimum absolute atomic E-state index is 0.0401. The number of phosphoric acid groups is 2. The van der Waals surface area contributed by atoms with E-state index in [9.17, 15) is 28.6 Å². The van der Waals surface area contributed by atoms with Crippen LogP contribution in [0.5, 0.6) is 0 Å². The van der Waals surface area contributed by atoms with E-state index in [0.29, 0.717) is 25.7 Å². The number of esters is 1. The van der Waals surface area contributed by atoms with E-state index < -0.39 is 102 Å². The number of unbranched alkanes of at least 4 members (excludes halogenated alkanes) is 30. The SMILES string of the molecule is C=CCOP(=O)(OCC=C)OCCO[C@H]1O[C@H](CO[C@@H]2O[C@H](COC)[C@@H](OP(=O)(OCC=C)OCC=C)[C@H](OCC[C@@H](CCCCCCC)OC)[C@H]2OC(=O)CCCCCCCCC/C=C\CCCCCC)[C@@H](O)[C@H](OCCCCCCCCCC)[C@H]1NC(=O)CC(=O)CCCCCCCCCCC. The molecule has 0 radical (unpaired) electrons. The number of ether oxygens (including phenoxy) is 9. The summed E-state index contributed by atoms with van der Waals surface area (Å²) < 4.78 is 121. The number of methoxy groups -OCH3 is 2. The summed E-state index contributed by atoms with van der Waals surface area (Å²) in [4.78, 5) is 42.2. The van der Waals surface area contributed by atoms with Crippen molar-refractivity contribution in [3.8, 4) is 0 Å². The highest BCUT2D eigenvalue weighted by Crippen LogP contribution is 2.53. The van der Waals surface area contributed by atoms with Crippen LogP contribution in [0.2, 0.25) is 0 Å². The third-order valence-corrected chi connectivity index (χ3v) is 21.3. The zero-order chi connectivity index (χ0) is 76.0. The quantitative estimate of drug-likeness (QED) is 0.0189. The van der Waals surface area contributed by atoms with Crippen molar-refractivity contribution in [1.82, 2.24) is 5.32 Å². The average molecular weight is 1520 g/mol. The Hall–Kier alpha value is -2.83. The second-order valence-corrected chi connectivity index (χ2v) is 30.8. The molecule has 2 saturated heterocycles. The van der Waals surface area contributed by atoms with Crippen LogP contribution in [0, 0.1) is 0 Å². The van der Waals surface area contributed by atoms with Crippen molar-refractivity contribution in [2.24, 2.45) is 0 Å². The van der Waals surface area contributed by atoms with Gasteiger partial charge in [-0.3, -0.25) is 41.5 Å². The lowest BCUT2D eigenvalue weighted by Gasteiger charge is -2.47. The van der Waals surface area contributed by atoms with Crippen molar-refractivity contribution >= 4 is 33.3 Å². The standard InChI is InChI=1S/C80H145NO21P2/c1-11-19-23-27-30-33-34-35-36-37-38-40-42-46-50-54-72(84)101-78-77(91-61-55-68(89-10)53-49-44-26-22-14-4)75(102-104(87,96-58-17-7)97-59-18-8)70(65-88-9)100-80(78)93-66-69-74(85)76(90-60-51-47-43-32-29-25-21-13-3)73(79(99-69)92-62-63-98-103(86,94-56-15-5)95-57-16-6)81-71(83)64-67(82)52-48-45-41-39-31-28-24-20-12-2/h15-18,33-34,68-70,73-80,85H,5-8,11-14,19-32,35-66H2,1-4,9-10H3,(H,81,83)/b34-33-/t68-,69-,70-,73-,74-,75-,76-,77+,78-,79+,80-/m1/s1. The van der Waals surface area contributed by atoms with E-state index in [1.165, 1.54) is 89.2 Å². The Kier molecular flexibility index (Phi) is 60.7. The van der Waals surface area contributed by atoms with E-state index >= 15 is 0 Å². The van der Waals surface area contributed by atoms with Gasteiger partial charge in [0.05, 0.1) is 65.4 Å². The van der Waals surface area contributed by atoms with Crippen molar-refractivity contribution in [3.63, 3.8) is 0 Å². The van der Waals surface area contributed by atoms with Crippen molar-refractivity contribution in [1.29, 1.82) is 0 Å².